The summed E-state index contributed by atoms with van der Waals surface area (Å²) >= 11 is 0. The van der Waals surface area contributed by atoms with E-state index >= 15 is 0 Å². The Bertz CT molecular complexity index is 555. The molecule has 106 valence electrons. The highest BCUT2D eigenvalue weighted by molar-refractivity contribution is 5.55. The molecule has 0 spiro atoms. The highest BCUT2D eigenvalue weighted by Gasteiger charge is 2.15. The number of likely N-dealkylation sites (N-methyl/N-ethyl adjacent to an activating group) is 1. The molecule has 0 bridgehead atoms. The Balaban J connectivity index is 2.15. The molecule has 0 aliphatic heterocycles. The van der Waals surface area contributed by atoms with Crippen molar-refractivity contribution in [1.29, 1.82) is 0 Å². The lowest BCUT2D eigenvalue weighted by Gasteiger charge is -2.24. The molecule has 0 amide bonds. The van der Waals surface area contributed by atoms with Gasteiger partial charge in [-0.05, 0) is 30.7 Å². The Kier molecular flexibility index (Phi) is 4.69. The van der Waals surface area contributed by atoms with Crippen molar-refractivity contribution in [2.75, 3.05) is 18.5 Å². The molecule has 0 aliphatic carbocycles. The van der Waals surface area contributed by atoms with Crippen LogP contribution in [0.3, 0.4) is 0 Å². The third-order valence-corrected chi connectivity index (χ3v) is 3.32. The molecule has 0 unspecified atom stereocenters. The highest BCUT2D eigenvalue weighted by Crippen LogP contribution is 2.27. The van der Waals surface area contributed by atoms with E-state index in [1.165, 1.54) is 6.07 Å². The average molecular weight is 273 g/mol. The van der Waals surface area contributed by atoms with Crippen LogP contribution in [0.1, 0.15) is 24.2 Å². The molecular weight excluding hydrogens is 253 g/mol. The monoisotopic (exact) mass is 273 g/mol. The first-order valence-corrected chi connectivity index (χ1v) is 6.74. The maximum absolute atomic E-state index is 14.1. The summed E-state index contributed by atoms with van der Waals surface area (Å²) in [5.41, 5.74) is 8.33. The van der Waals surface area contributed by atoms with E-state index in [0.717, 1.165) is 17.7 Å². The van der Waals surface area contributed by atoms with Crippen molar-refractivity contribution in [3.8, 4) is 0 Å². The summed E-state index contributed by atoms with van der Waals surface area (Å²) in [6.45, 7) is 2.56. The maximum atomic E-state index is 14.1. The van der Waals surface area contributed by atoms with Gasteiger partial charge in [0, 0.05) is 37.9 Å². The summed E-state index contributed by atoms with van der Waals surface area (Å²) in [6.07, 6.45) is 2.54. The molecule has 0 aliphatic rings. The summed E-state index contributed by atoms with van der Waals surface area (Å²) in [6, 6.07) is 10.7. The van der Waals surface area contributed by atoms with E-state index in [1.807, 2.05) is 43.1 Å². The minimum absolute atomic E-state index is 0.196. The molecule has 20 heavy (non-hydrogen) atoms. The number of hydrogen-bond donors (Lipinski definition) is 1. The van der Waals surface area contributed by atoms with Gasteiger partial charge in [0.2, 0.25) is 0 Å². The van der Waals surface area contributed by atoms with Gasteiger partial charge < -0.3 is 10.6 Å². The number of aromatic nitrogens is 1. The first-order valence-electron chi connectivity index (χ1n) is 6.74. The summed E-state index contributed by atoms with van der Waals surface area (Å²) in [5, 5.41) is 0. The summed E-state index contributed by atoms with van der Waals surface area (Å²) in [5.74, 6) is -0.233. The molecular formula is C16H20FN3. The van der Waals surface area contributed by atoms with Crippen molar-refractivity contribution in [2.24, 2.45) is 5.73 Å². The van der Waals surface area contributed by atoms with Gasteiger partial charge in [0.25, 0.3) is 0 Å². The van der Waals surface area contributed by atoms with E-state index in [4.69, 9.17) is 5.73 Å². The van der Waals surface area contributed by atoms with E-state index in [1.54, 1.807) is 12.3 Å². The molecule has 4 heteroatoms. The molecule has 2 N–H and O–H groups in total. The number of anilines is 1. The van der Waals surface area contributed by atoms with Crippen molar-refractivity contribution in [3.63, 3.8) is 0 Å². The van der Waals surface area contributed by atoms with Gasteiger partial charge in [-0.2, -0.15) is 0 Å². The lowest BCUT2D eigenvalue weighted by Crippen LogP contribution is -2.24. The zero-order valence-corrected chi connectivity index (χ0v) is 11.9. The van der Waals surface area contributed by atoms with Crippen LogP contribution in [0.15, 0.2) is 42.6 Å². The zero-order valence-electron chi connectivity index (χ0n) is 11.9. The van der Waals surface area contributed by atoms with Gasteiger partial charge in [0.1, 0.15) is 5.82 Å². The first-order chi connectivity index (χ1) is 9.59. The predicted molar refractivity (Wildman–Crippen MR) is 80.2 cm³/mol. The molecule has 0 saturated carbocycles. The second-order valence-corrected chi connectivity index (χ2v) is 4.96. The van der Waals surface area contributed by atoms with Gasteiger partial charge in [-0.1, -0.05) is 18.2 Å². The van der Waals surface area contributed by atoms with Crippen LogP contribution >= 0.6 is 0 Å². The Labute approximate surface area is 119 Å². The van der Waals surface area contributed by atoms with Crippen LogP contribution in [-0.2, 0) is 6.42 Å². The van der Waals surface area contributed by atoms with E-state index in [9.17, 15) is 4.39 Å². The van der Waals surface area contributed by atoms with Gasteiger partial charge >= 0.3 is 0 Å². The number of nitrogens with two attached hydrogens (primary N) is 1. The van der Waals surface area contributed by atoms with Gasteiger partial charge in [-0.25, -0.2) is 4.39 Å². The van der Waals surface area contributed by atoms with Gasteiger partial charge in [-0.3, -0.25) is 4.98 Å². The number of pyridine rings is 1. The van der Waals surface area contributed by atoms with Gasteiger partial charge in [-0.15, -0.1) is 0 Å². The smallest absolute Gasteiger partial charge is 0.146 e. The quantitative estimate of drug-likeness (QED) is 0.910. The fraction of sp³-hybridized carbons (Fsp3) is 0.312. The lowest BCUT2D eigenvalue weighted by atomic mass is 10.1. The topological polar surface area (TPSA) is 42.1 Å². The minimum atomic E-state index is -0.233. The average Bonchev–Trinajstić information content (AvgIpc) is 2.45. The van der Waals surface area contributed by atoms with E-state index in [0.29, 0.717) is 12.2 Å². The molecule has 1 aromatic carbocycles. The van der Waals surface area contributed by atoms with Crippen LogP contribution in [0.2, 0.25) is 0 Å². The Hall–Kier alpha value is -1.94. The van der Waals surface area contributed by atoms with Gasteiger partial charge in [0.05, 0.1) is 5.69 Å². The Morgan fingerprint density at radius 3 is 2.70 bits per heavy atom. The van der Waals surface area contributed by atoms with Crippen molar-refractivity contribution >= 4 is 5.69 Å². The maximum Gasteiger partial charge on any atom is 0.146 e. The van der Waals surface area contributed by atoms with Crippen molar-refractivity contribution in [3.05, 3.63) is 59.7 Å². The second kappa shape index (κ2) is 6.48. The number of rotatable bonds is 5. The van der Waals surface area contributed by atoms with E-state index in [2.05, 4.69) is 4.98 Å². The number of hydrogen-bond acceptors (Lipinski definition) is 3. The van der Waals surface area contributed by atoms with Crippen molar-refractivity contribution in [2.45, 2.75) is 19.4 Å². The summed E-state index contributed by atoms with van der Waals surface area (Å²) in [7, 11) is 1.88. The summed E-state index contributed by atoms with van der Waals surface area (Å²) < 4.78 is 14.1. The van der Waals surface area contributed by atoms with Crippen molar-refractivity contribution in [1.82, 2.24) is 4.98 Å². The van der Waals surface area contributed by atoms with E-state index < -0.39 is 0 Å². The van der Waals surface area contributed by atoms with Gasteiger partial charge in [0.15, 0.2) is 0 Å². The number of nitrogens with zero attached hydrogens (tertiary/aromatic N) is 2. The number of para-hydroxylation sites is 1. The molecule has 0 saturated heterocycles. The lowest BCUT2D eigenvalue weighted by molar-refractivity contribution is 0.615. The molecule has 1 heterocycles. The minimum Gasteiger partial charge on any atom is -0.372 e. The molecule has 1 atom stereocenters. The van der Waals surface area contributed by atoms with Crippen LogP contribution in [0.5, 0.6) is 0 Å². The Morgan fingerprint density at radius 2 is 2.05 bits per heavy atom. The molecule has 3 nitrogen and oxygen atoms in total. The normalized spacial score (nSPS) is 12.2. The Morgan fingerprint density at radius 1 is 1.25 bits per heavy atom. The van der Waals surface area contributed by atoms with Crippen LogP contribution < -0.4 is 10.6 Å². The molecule has 0 fully saturated rings. The summed E-state index contributed by atoms with van der Waals surface area (Å²) in [4.78, 5) is 6.18. The fourth-order valence-corrected chi connectivity index (χ4v) is 2.24. The largest absolute Gasteiger partial charge is 0.372 e. The second-order valence-electron chi connectivity index (χ2n) is 4.96. The molecule has 2 rings (SSSR count). The SMILES string of the molecule is C[C@@H](N)c1cccc(F)c1N(C)CCc1ccccn1. The standard InChI is InChI=1S/C16H20FN3/c1-12(18)14-7-5-8-15(17)16(14)20(2)11-9-13-6-3-4-10-19-13/h3-8,10,12H,9,11,18H2,1-2H3/t12-/m1/s1. The predicted octanol–water partition coefficient (Wildman–Crippen LogP) is 2.92. The van der Waals surface area contributed by atoms with Crippen molar-refractivity contribution < 1.29 is 4.39 Å². The first kappa shape index (κ1) is 14.5. The van der Waals surface area contributed by atoms with Crippen LogP contribution in [0, 0.1) is 5.82 Å². The number of halogens is 1. The van der Waals surface area contributed by atoms with Crippen LogP contribution in [0.25, 0.3) is 0 Å². The third-order valence-electron chi connectivity index (χ3n) is 3.32. The number of benzene rings is 1. The molecule has 0 radical (unpaired) electrons. The molecule has 1 aromatic heterocycles. The zero-order chi connectivity index (χ0) is 14.5. The van der Waals surface area contributed by atoms with Crippen LogP contribution in [0.4, 0.5) is 10.1 Å². The van der Waals surface area contributed by atoms with E-state index in [-0.39, 0.29) is 11.9 Å². The third kappa shape index (κ3) is 3.33. The van der Waals surface area contributed by atoms with Crippen LogP contribution in [-0.4, -0.2) is 18.6 Å². The fourth-order valence-electron chi connectivity index (χ4n) is 2.24. The highest BCUT2D eigenvalue weighted by atomic mass is 19.1. The molecule has 2 aromatic rings.